The van der Waals surface area contributed by atoms with E-state index in [0.29, 0.717) is 6.61 Å². The van der Waals surface area contributed by atoms with Crippen molar-refractivity contribution in [2.75, 3.05) is 11.9 Å². The number of nitrogens with one attached hydrogen (secondary N) is 1. The number of carbonyl (C=O) groups is 1. The highest BCUT2D eigenvalue weighted by molar-refractivity contribution is 7.12. The van der Waals surface area contributed by atoms with Gasteiger partial charge >= 0.3 is 0 Å². The summed E-state index contributed by atoms with van der Waals surface area (Å²) < 4.78 is 9.63. The van der Waals surface area contributed by atoms with Gasteiger partial charge in [0.1, 0.15) is 11.1 Å². The standard InChI is InChI=1S/C12H12N2O2S/c15-11(10-6-3-7-16-10)13-12-8-4-1-2-5-9(8)14-17-12/h1-2,4-5,10H,3,6-7H2,(H,13,15)/t10-/m1/s1. The second kappa shape index (κ2) is 4.43. The maximum atomic E-state index is 11.9. The molecule has 0 bridgehead atoms. The fraction of sp³-hybridized carbons (Fsp3) is 0.333. The summed E-state index contributed by atoms with van der Waals surface area (Å²) in [5, 5.41) is 4.70. The van der Waals surface area contributed by atoms with E-state index < -0.39 is 0 Å². The molecule has 1 amide bonds. The average Bonchev–Trinajstić information content (AvgIpc) is 2.98. The topological polar surface area (TPSA) is 51.2 Å². The summed E-state index contributed by atoms with van der Waals surface area (Å²) in [6, 6.07) is 7.78. The van der Waals surface area contributed by atoms with Crippen LogP contribution in [0.2, 0.25) is 0 Å². The number of rotatable bonds is 2. The zero-order valence-corrected chi connectivity index (χ0v) is 10.00. The normalized spacial score (nSPS) is 19.6. The van der Waals surface area contributed by atoms with Gasteiger partial charge in [-0.05, 0) is 36.5 Å². The van der Waals surface area contributed by atoms with Gasteiger partial charge in [-0.25, -0.2) is 0 Å². The predicted molar refractivity (Wildman–Crippen MR) is 67.2 cm³/mol. The minimum absolute atomic E-state index is 0.0584. The molecular weight excluding hydrogens is 236 g/mol. The van der Waals surface area contributed by atoms with E-state index in [2.05, 4.69) is 9.69 Å². The molecular formula is C12H12N2O2S. The van der Waals surface area contributed by atoms with Gasteiger partial charge in [-0.3, -0.25) is 4.79 Å². The Morgan fingerprint density at radius 1 is 1.47 bits per heavy atom. The summed E-state index contributed by atoms with van der Waals surface area (Å²) in [7, 11) is 0. The number of hydrogen-bond acceptors (Lipinski definition) is 4. The first-order valence-corrected chi connectivity index (χ1v) is 6.39. The highest BCUT2D eigenvalue weighted by Crippen LogP contribution is 2.28. The summed E-state index contributed by atoms with van der Waals surface area (Å²) >= 11 is 1.31. The second-order valence-corrected chi connectivity index (χ2v) is 4.79. The quantitative estimate of drug-likeness (QED) is 0.888. The second-order valence-electron chi connectivity index (χ2n) is 4.02. The number of hydrogen-bond donors (Lipinski definition) is 1. The zero-order valence-electron chi connectivity index (χ0n) is 9.18. The van der Waals surface area contributed by atoms with Crippen molar-refractivity contribution in [3.8, 4) is 0 Å². The van der Waals surface area contributed by atoms with Gasteiger partial charge in [0, 0.05) is 12.0 Å². The molecule has 1 aliphatic rings. The summed E-state index contributed by atoms with van der Waals surface area (Å²) in [6.07, 6.45) is 1.47. The summed E-state index contributed by atoms with van der Waals surface area (Å²) in [6.45, 7) is 0.682. The number of nitrogens with zero attached hydrogens (tertiary/aromatic N) is 1. The van der Waals surface area contributed by atoms with Crippen molar-refractivity contribution >= 4 is 33.3 Å². The molecule has 0 radical (unpaired) electrons. The van der Waals surface area contributed by atoms with E-state index in [1.807, 2.05) is 24.3 Å². The molecule has 0 unspecified atom stereocenters. The first-order valence-electron chi connectivity index (χ1n) is 5.61. The lowest BCUT2D eigenvalue weighted by Crippen LogP contribution is -2.26. The Morgan fingerprint density at radius 3 is 3.18 bits per heavy atom. The van der Waals surface area contributed by atoms with Gasteiger partial charge in [0.25, 0.3) is 5.91 Å². The van der Waals surface area contributed by atoms with Crippen molar-refractivity contribution < 1.29 is 9.53 Å². The van der Waals surface area contributed by atoms with Gasteiger partial charge in [0.05, 0.1) is 5.52 Å². The van der Waals surface area contributed by atoms with Crippen molar-refractivity contribution in [2.24, 2.45) is 0 Å². The van der Waals surface area contributed by atoms with E-state index in [1.165, 1.54) is 11.5 Å². The smallest absolute Gasteiger partial charge is 0.254 e. The molecule has 1 saturated heterocycles. The lowest BCUT2D eigenvalue weighted by atomic mass is 10.2. The molecule has 0 aliphatic carbocycles. The number of aromatic nitrogens is 1. The molecule has 1 aromatic carbocycles. The third-order valence-corrected chi connectivity index (χ3v) is 3.64. The van der Waals surface area contributed by atoms with E-state index in [0.717, 1.165) is 28.7 Å². The largest absolute Gasteiger partial charge is 0.368 e. The molecule has 1 atom stereocenters. The molecule has 4 nitrogen and oxygen atoms in total. The Hall–Kier alpha value is -1.46. The Kier molecular flexibility index (Phi) is 2.78. The third kappa shape index (κ3) is 2.03. The molecule has 17 heavy (non-hydrogen) atoms. The van der Waals surface area contributed by atoms with Crippen molar-refractivity contribution in [1.82, 2.24) is 4.37 Å². The van der Waals surface area contributed by atoms with Crippen LogP contribution in [0.3, 0.4) is 0 Å². The fourth-order valence-electron chi connectivity index (χ4n) is 1.96. The molecule has 2 heterocycles. The molecule has 5 heteroatoms. The first kappa shape index (κ1) is 10.7. The first-order chi connectivity index (χ1) is 8.34. The number of ether oxygens (including phenoxy) is 1. The maximum absolute atomic E-state index is 11.9. The van der Waals surface area contributed by atoms with Crippen LogP contribution in [-0.2, 0) is 9.53 Å². The van der Waals surface area contributed by atoms with E-state index in [1.54, 1.807) is 0 Å². The van der Waals surface area contributed by atoms with Crippen LogP contribution in [0.1, 0.15) is 12.8 Å². The summed E-state index contributed by atoms with van der Waals surface area (Å²) in [5.74, 6) is -0.0584. The SMILES string of the molecule is O=C(Nc1snc2ccccc12)[C@H]1CCCO1. The van der Waals surface area contributed by atoms with Crippen LogP contribution in [-0.4, -0.2) is 23.0 Å². The average molecular weight is 248 g/mol. The van der Waals surface area contributed by atoms with Gasteiger partial charge in [0.15, 0.2) is 0 Å². The zero-order chi connectivity index (χ0) is 11.7. The molecule has 3 rings (SSSR count). The lowest BCUT2D eigenvalue weighted by molar-refractivity contribution is -0.124. The number of amides is 1. The van der Waals surface area contributed by atoms with E-state index in [-0.39, 0.29) is 12.0 Å². The van der Waals surface area contributed by atoms with Gasteiger partial charge < -0.3 is 10.1 Å². The van der Waals surface area contributed by atoms with Crippen molar-refractivity contribution in [2.45, 2.75) is 18.9 Å². The number of fused-ring (bicyclic) bond motifs is 1. The van der Waals surface area contributed by atoms with Gasteiger partial charge in [-0.15, -0.1) is 0 Å². The molecule has 0 saturated carbocycles. The van der Waals surface area contributed by atoms with Crippen LogP contribution >= 0.6 is 11.5 Å². The predicted octanol–water partition coefficient (Wildman–Crippen LogP) is 2.41. The van der Waals surface area contributed by atoms with Crippen LogP contribution in [0.15, 0.2) is 24.3 Å². The van der Waals surface area contributed by atoms with Crippen molar-refractivity contribution in [1.29, 1.82) is 0 Å². The number of anilines is 1. The molecule has 1 aromatic heterocycles. The Morgan fingerprint density at radius 2 is 2.35 bits per heavy atom. The van der Waals surface area contributed by atoms with E-state index in [4.69, 9.17) is 4.74 Å². The van der Waals surface area contributed by atoms with Crippen LogP contribution in [0, 0.1) is 0 Å². The van der Waals surface area contributed by atoms with E-state index in [9.17, 15) is 4.79 Å². The third-order valence-electron chi connectivity index (χ3n) is 2.84. The monoisotopic (exact) mass is 248 g/mol. The van der Waals surface area contributed by atoms with Gasteiger partial charge in [0.2, 0.25) is 0 Å². The van der Waals surface area contributed by atoms with Crippen LogP contribution in [0.25, 0.3) is 10.9 Å². The van der Waals surface area contributed by atoms with Crippen LogP contribution < -0.4 is 5.32 Å². The molecule has 2 aromatic rings. The van der Waals surface area contributed by atoms with Crippen molar-refractivity contribution in [3.05, 3.63) is 24.3 Å². The minimum Gasteiger partial charge on any atom is -0.368 e. The van der Waals surface area contributed by atoms with E-state index >= 15 is 0 Å². The summed E-state index contributed by atoms with van der Waals surface area (Å²) in [4.78, 5) is 11.9. The van der Waals surface area contributed by atoms with Crippen molar-refractivity contribution in [3.63, 3.8) is 0 Å². The highest BCUT2D eigenvalue weighted by Gasteiger charge is 2.24. The highest BCUT2D eigenvalue weighted by atomic mass is 32.1. The Balaban J connectivity index is 1.82. The summed E-state index contributed by atoms with van der Waals surface area (Å²) in [5.41, 5.74) is 0.917. The van der Waals surface area contributed by atoms with Crippen LogP contribution in [0.5, 0.6) is 0 Å². The number of benzene rings is 1. The Labute approximate surface area is 103 Å². The Bertz CT molecular complexity index is 546. The van der Waals surface area contributed by atoms with Gasteiger partial charge in [-0.2, -0.15) is 4.37 Å². The van der Waals surface area contributed by atoms with Gasteiger partial charge in [-0.1, -0.05) is 12.1 Å². The fourth-order valence-corrected chi connectivity index (χ4v) is 2.72. The van der Waals surface area contributed by atoms with Crippen LogP contribution in [0.4, 0.5) is 5.00 Å². The molecule has 88 valence electrons. The maximum Gasteiger partial charge on any atom is 0.254 e. The molecule has 0 spiro atoms. The molecule has 1 N–H and O–H groups in total. The molecule has 1 aliphatic heterocycles. The lowest BCUT2D eigenvalue weighted by Gasteiger charge is -2.08. The minimum atomic E-state index is -0.295. The number of carbonyl (C=O) groups excluding carboxylic acids is 1. The molecule has 1 fully saturated rings.